The molecule has 0 aliphatic rings. The first-order valence-corrected chi connectivity index (χ1v) is 7.80. The highest BCUT2D eigenvalue weighted by molar-refractivity contribution is 6.34. The predicted molar refractivity (Wildman–Crippen MR) is 92.4 cm³/mol. The highest BCUT2D eigenvalue weighted by Gasteiger charge is 2.13. The summed E-state index contributed by atoms with van der Waals surface area (Å²) in [5.74, 6) is -1.20. The van der Waals surface area contributed by atoms with Crippen LogP contribution in [0.2, 0.25) is 5.02 Å². The number of anilines is 1. The van der Waals surface area contributed by atoms with E-state index in [1.54, 1.807) is 18.2 Å². The van der Waals surface area contributed by atoms with Crippen LogP contribution in [0.4, 0.5) is 10.1 Å². The molecule has 4 nitrogen and oxygen atoms in total. The summed E-state index contributed by atoms with van der Waals surface area (Å²) in [6, 6.07) is 9.43. The normalized spacial score (nSPS) is 10.3. The van der Waals surface area contributed by atoms with Gasteiger partial charge in [-0.25, -0.2) is 4.39 Å². The third-order valence-corrected chi connectivity index (χ3v) is 3.72. The molecule has 0 radical (unpaired) electrons. The number of carbonyl (C=O) groups excluding carboxylic acids is 2. The summed E-state index contributed by atoms with van der Waals surface area (Å²) in [6.45, 7) is 3.98. The van der Waals surface area contributed by atoms with Crippen LogP contribution in [-0.4, -0.2) is 11.8 Å². The summed E-state index contributed by atoms with van der Waals surface area (Å²) in [7, 11) is 0. The molecule has 0 atom stereocenters. The van der Waals surface area contributed by atoms with Crippen molar-refractivity contribution in [2.45, 2.75) is 26.8 Å². The summed E-state index contributed by atoms with van der Waals surface area (Å²) in [6.07, 6.45) is -0.315. The van der Waals surface area contributed by atoms with Crippen molar-refractivity contribution >= 4 is 29.1 Å². The number of amides is 2. The van der Waals surface area contributed by atoms with E-state index < -0.39 is 11.8 Å². The monoisotopic (exact) mass is 348 g/mol. The Balaban J connectivity index is 1.88. The fraction of sp³-hybridized carbons (Fsp3) is 0.222. The smallest absolute Gasteiger partial charge is 0.233 e. The summed E-state index contributed by atoms with van der Waals surface area (Å²) < 4.78 is 12.8. The van der Waals surface area contributed by atoms with E-state index >= 15 is 0 Å². The van der Waals surface area contributed by atoms with Crippen molar-refractivity contribution in [2.75, 3.05) is 5.32 Å². The van der Waals surface area contributed by atoms with Gasteiger partial charge >= 0.3 is 0 Å². The van der Waals surface area contributed by atoms with Gasteiger partial charge in [-0.3, -0.25) is 9.59 Å². The number of carbonyl (C=O) groups is 2. The lowest BCUT2D eigenvalue weighted by Crippen LogP contribution is -2.28. The molecule has 0 unspecified atom stereocenters. The molecular formula is C18H18ClFN2O2. The maximum Gasteiger partial charge on any atom is 0.233 e. The minimum Gasteiger partial charge on any atom is -0.352 e. The topological polar surface area (TPSA) is 58.2 Å². The van der Waals surface area contributed by atoms with Gasteiger partial charge in [0, 0.05) is 6.54 Å². The zero-order valence-corrected chi connectivity index (χ0v) is 14.2. The summed E-state index contributed by atoms with van der Waals surface area (Å²) in [4.78, 5) is 23.8. The van der Waals surface area contributed by atoms with Crippen molar-refractivity contribution in [3.05, 3.63) is 63.9 Å². The Morgan fingerprint density at radius 1 is 1.08 bits per heavy atom. The van der Waals surface area contributed by atoms with Crippen LogP contribution in [0.3, 0.4) is 0 Å². The van der Waals surface area contributed by atoms with Gasteiger partial charge < -0.3 is 10.6 Å². The van der Waals surface area contributed by atoms with Gasteiger partial charge in [-0.2, -0.15) is 0 Å². The average molecular weight is 349 g/mol. The van der Waals surface area contributed by atoms with Gasteiger partial charge in [0.05, 0.1) is 10.7 Å². The van der Waals surface area contributed by atoms with E-state index in [2.05, 4.69) is 10.6 Å². The SMILES string of the molecule is Cc1cc(C)c(NC(=O)CC(=O)NCc2ccc(F)cc2)c(Cl)c1. The van der Waals surface area contributed by atoms with Crippen LogP contribution in [0.15, 0.2) is 36.4 Å². The van der Waals surface area contributed by atoms with E-state index in [1.807, 2.05) is 19.9 Å². The number of aryl methyl sites for hydroxylation is 2. The van der Waals surface area contributed by atoms with Gasteiger partial charge in [-0.05, 0) is 48.7 Å². The minimum atomic E-state index is -0.444. The molecule has 2 aromatic carbocycles. The predicted octanol–water partition coefficient (Wildman–Crippen LogP) is 3.74. The number of halogens is 2. The highest BCUT2D eigenvalue weighted by Crippen LogP contribution is 2.27. The van der Waals surface area contributed by atoms with Crippen LogP contribution in [0.5, 0.6) is 0 Å². The van der Waals surface area contributed by atoms with Crippen LogP contribution < -0.4 is 10.6 Å². The zero-order valence-electron chi connectivity index (χ0n) is 13.5. The maximum absolute atomic E-state index is 12.8. The Morgan fingerprint density at radius 2 is 1.75 bits per heavy atom. The molecule has 126 valence electrons. The van der Waals surface area contributed by atoms with Gasteiger partial charge in [0.1, 0.15) is 12.2 Å². The number of hydrogen-bond donors (Lipinski definition) is 2. The van der Waals surface area contributed by atoms with E-state index in [-0.39, 0.29) is 18.8 Å². The quantitative estimate of drug-likeness (QED) is 0.809. The second-order valence-corrected chi connectivity index (χ2v) is 5.97. The first kappa shape index (κ1) is 17.9. The Bertz CT molecular complexity index is 737. The van der Waals surface area contributed by atoms with Crippen LogP contribution in [0.1, 0.15) is 23.1 Å². The van der Waals surface area contributed by atoms with Crippen LogP contribution in [0.25, 0.3) is 0 Å². The molecule has 2 amide bonds. The molecule has 6 heteroatoms. The maximum atomic E-state index is 12.8. The van der Waals surface area contributed by atoms with E-state index in [4.69, 9.17) is 11.6 Å². The first-order valence-electron chi connectivity index (χ1n) is 7.43. The van der Waals surface area contributed by atoms with E-state index in [1.165, 1.54) is 12.1 Å². The summed E-state index contributed by atoms with van der Waals surface area (Å²) in [5, 5.41) is 5.72. The fourth-order valence-electron chi connectivity index (χ4n) is 2.27. The lowest BCUT2D eigenvalue weighted by Gasteiger charge is -2.11. The van der Waals surface area contributed by atoms with Gasteiger partial charge in [-0.1, -0.05) is 29.8 Å². The van der Waals surface area contributed by atoms with Gasteiger partial charge in [0.25, 0.3) is 0 Å². The summed E-state index contributed by atoms with van der Waals surface area (Å²) in [5.41, 5.74) is 3.09. The minimum absolute atomic E-state index is 0.233. The second-order valence-electron chi connectivity index (χ2n) is 5.57. The molecule has 0 spiro atoms. The van der Waals surface area contributed by atoms with Crippen molar-refractivity contribution in [3.8, 4) is 0 Å². The molecule has 2 aromatic rings. The third kappa shape index (κ3) is 5.06. The van der Waals surface area contributed by atoms with Gasteiger partial charge in [0.15, 0.2) is 0 Å². The molecule has 0 heterocycles. The van der Waals surface area contributed by atoms with Crippen LogP contribution in [0, 0.1) is 19.7 Å². The van der Waals surface area contributed by atoms with E-state index in [9.17, 15) is 14.0 Å². The highest BCUT2D eigenvalue weighted by atomic mass is 35.5. The molecule has 0 aliphatic heterocycles. The second kappa shape index (κ2) is 7.93. The molecule has 0 aromatic heterocycles. The Kier molecular flexibility index (Phi) is 5.93. The van der Waals surface area contributed by atoms with Gasteiger partial charge in [0.2, 0.25) is 11.8 Å². The summed E-state index contributed by atoms with van der Waals surface area (Å²) >= 11 is 6.12. The largest absolute Gasteiger partial charge is 0.352 e. The van der Waals surface area contributed by atoms with Crippen molar-refractivity contribution in [1.82, 2.24) is 5.32 Å². The van der Waals surface area contributed by atoms with E-state index in [0.717, 1.165) is 16.7 Å². The molecule has 2 N–H and O–H groups in total. The third-order valence-electron chi connectivity index (χ3n) is 3.42. The van der Waals surface area contributed by atoms with Crippen LogP contribution >= 0.6 is 11.6 Å². The Morgan fingerprint density at radius 3 is 2.38 bits per heavy atom. The molecule has 0 aliphatic carbocycles. The lowest BCUT2D eigenvalue weighted by molar-refractivity contribution is -0.126. The van der Waals surface area contributed by atoms with E-state index in [0.29, 0.717) is 10.7 Å². The number of nitrogens with one attached hydrogen (secondary N) is 2. The Labute approximate surface area is 145 Å². The van der Waals surface area contributed by atoms with Crippen molar-refractivity contribution in [3.63, 3.8) is 0 Å². The average Bonchev–Trinajstić information content (AvgIpc) is 2.50. The fourth-order valence-corrected chi connectivity index (χ4v) is 2.64. The van der Waals surface area contributed by atoms with Crippen molar-refractivity contribution in [2.24, 2.45) is 0 Å². The molecular weight excluding hydrogens is 331 g/mol. The molecule has 2 rings (SSSR count). The van der Waals surface area contributed by atoms with Gasteiger partial charge in [-0.15, -0.1) is 0 Å². The first-order chi connectivity index (χ1) is 11.3. The van der Waals surface area contributed by atoms with Crippen LogP contribution in [-0.2, 0) is 16.1 Å². The zero-order chi connectivity index (χ0) is 17.7. The number of benzene rings is 2. The lowest BCUT2D eigenvalue weighted by atomic mass is 10.1. The molecule has 24 heavy (non-hydrogen) atoms. The number of hydrogen-bond acceptors (Lipinski definition) is 2. The van der Waals surface area contributed by atoms with Crippen molar-refractivity contribution < 1.29 is 14.0 Å². The Hall–Kier alpha value is -2.40. The standard InChI is InChI=1S/C18H18ClFN2O2/c1-11-7-12(2)18(15(19)8-11)22-17(24)9-16(23)21-10-13-3-5-14(20)6-4-13/h3-8H,9-10H2,1-2H3,(H,21,23)(H,22,24). The molecule has 0 saturated carbocycles. The van der Waals surface area contributed by atoms with Crippen molar-refractivity contribution in [1.29, 1.82) is 0 Å². The number of rotatable bonds is 5. The molecule has 0 fully saturated rings. The molecule has 0 saturated heterocycles. The molecule has 0 bridgehead atoms.